The Balaban J connectivity index is 1.22. The highest BCUT2D eigenvalue weighted by atomic mass is 79.9. The number of amides is 2. The van der Waals surface area contributed by atoms with Crippen LogP contribution in [0.15, 0.2) is 76.3 Å². The van der Waals surface area contributed by atoms with Gasteiger partial charge in [-0.25, -0.2) is 0 Å². The molecule has 0 unspecified atom stereocenters. The molecule has 2 fully saturated rings. The van der Waals surface area contributed by atoms with Crippen molar-refractivity contribution in [3.63, 3.8) is 0 Å². The second-order valence-corrected chi connectivity index (χ2v) is 10.0. The highest BCUT2D eigenvalue weighted by Crippen LogP contribution is 2.52. The van der Waals surface area contributed by atoms with E-state index in [4.69, 9.17) is 9.47 Å². The Labute approximate surface area is 211 Å². The molecule has 0 radical (unpaired) electrons. The van der Waals surface area contributed by atoms with Crippen LogP contribution in [0, 0.1) is 23.7 Å². The van der Waals surface area contributed by atoms with Gasteiger partial charge in [-0.15, -0.1) is 0 Å². The van der Waals surface area contributed by atoms with Crippen molar-refractivity contribution in [3.8, 4) is 11.5 Å². The first-order valence-corrected chi connectivity index (χ1v) is 12.4. The SMILES string of the molecule is COc1cc(/C=N\N2C(=O)[C@@H]3[C@@H](C2=O)[C@H]2C=C[C@H]3C2)cc(Br)c1OCc1cccc2ccccc12. The summed E-state index contributed by atoms with van der Waals surface area (Å²) in [4.78, 5) is 25.7. The van der Waals surface area contributed by atoms with E-state index in [0.717, 1.165) is 27.8 Å². The molecule has 2 aliphatic carbocycles. The second-order valence-electron chi connectivity index (χ2n) is 9.19. The third kappa shape index (κ3) is 3.65. The van der Waals surface area contributed by atoms with Gasteiger partial charge in [0, 0.05) is 0 Å². The third-order valence-electron chi connectivity index (χ3n) is 7.27. The zero-order valence-electron chi connectivity index (χ0n) is 19.1. The van der Waals surface area contributed by atoms with E-state index in [1.165, 1.54) is 6.21 Å². The lowest BCUT2D eigenvalue weighted by atomic mass is 9.85. The number of ether oxygens (including phenoxy) is 2. The number of hydrazone groups is 1. The quantitative estimate of drug-likeness (QED) is 0.245. The largest absolute Gasteiger partial charge is 0.493 e. The standard InChI is InChI=1S/C28H23BrN2O4/c1-34-23-12-16(14-30-31-27(32)24-18-9-10-19(13-18)25(24)28(31)33)11-22(29)26(23)35-15-20-7-4-6-17-5-2-3-8-21(17)20/h2-12,14,18-19,24-25H,13,15H2,1H3/b30-14-/t18-,19-,24-,25-/m0/s1. The number of imide groups is 1. The molecule has 1 saturated carbocycles. The minimum absolute atomic E-state index is 0.161. The Morgan fingerprint density at radius 2 is 1.74 bits per heavy atom. The Hall–Kier alpha value is -3.45. The number of fused-ring (bicyclic) bond motifs is 6. The minimum atomic E-state index is -0.263. The minimum Gasteiger partial charge on any atom is -0.493 e. The van der Waals surface area contributed by atoms with E-state index < -0.39 is 0 Å². The van der Waals surface area contributed by atoms with Crippen LogP contribution in [0.2, 0.25) is 0 Å². The molecule has 1 aliphatic heterocycles. The number of nitrogens with zero attached hydrogens (tertiary/aromatic N) is 2. The van der Waals surface area contributed by atoms with Gasteiger partial charge in [-0.1, -0.05) is 54.6 Å². The fourth-order valence-electron chi connectivity index (χ4n) is 5.65. The number of carbonyl (C=O) groups is 2. The predicted molar refractivity (Wildman–Crippen MR) is 136 cm³/mol. The van der Waals surface area contributed by atoms with E-state index in [2.05, 4.69) is 51.4 Å². The van der Waals surface area contributed by atoms with Gasteiger partial charge in [0.05, 0.1) is 29.6 Å². The summed E-state index contributed by atoms with van der Waals surface area (Å²) in [6, 6.07) is 17.9. The van der Waals surface area contributed by atoms with Gasteiger partial charge in [-0.05, 0) is 68.2 Å². The maximum Gasteiger partial charge on any atom is 0.254 e. The molecule has 4 atom stereocenters. The molecule has 35 heavy (non-hydrogen) atoms. The molecule has 1 heterocycles. The van der Waals surface area contributed by atoms with E-state index in [1.807, 2.05) is 30.3 Å². The molecule has 2 bridgehead atoms. The summed E-state index contributed by atoms with van der Waals surface area (Å²) in [5, 5.41) is 7.62. The van der Waals surface area contributed by atoms with Crippen LogP contribution in [0.25, 0.3) is 10.8 Å². The zero-order chi connectivity index (χ0) is 24.1. The molecule has 3 aromatic carbocycles. The van der Waals surface area contributed by atoms with Gasteiger partial charge in [0.2, 0.25) is 0 Å². The Bertz CT molecular complexity index is 1380. The van der Waals surface area contributed by atoms with Crippen molar-refractivity contribution in [2.24, 2.45) is 28.8 Å². The lowest BCUT2D eigenvalue weighted by Crippen LogP contribution is -2.28. The molecule has 2 amide bonds. The smallest absolute Gasteiger partial charge is 0.254 e. The number of carbonyl (C=O) groups excluding carboxylic acids is 2. The van der Waals surface area contributed by atoms with Gasteiger partial charge >= 0.3 is 0 Å². The fourth-order valence-corrected chi connectivity index (χ4v) is 6.22. The van der Waals surface area contributed by atoms with Crippen LogP contribution in [-0.2, 0) is 16.2 Å². The number of methoxy groups -OCH3 is 1. The summed E-state index contributed by atoms with van der Waals surface area (Å²) in [7, 11) is 1.57. The van der Waals surface area contributed by atoms with Gasteiger partial charge in [0.15, 0.2) is 11.5 Å². The fraction of sp³-hybridized carbons (Fsp3) is 0.250. The third-order valence-corrected chi connectivity index (χ3v) is 7.86. The normalized spacial score (nSPS) is 24.7. The summed E-state index contributed by atoms with van der Waals surface area (Å²) in [6.45, 7) is 0.375. The Kier molecular flexibility index (Phi) is 5.44. The molecule has 3 aromatic rings. The van der Waals surface area contributed by atoms with Gasteiger partial charge in [-0.2, -0.15) is 10.1 Å². The van der Waals surface area contributed by atoms with E-state index >= 15 is 0 Å². The van der Waals surface area contributed by atoms with Crippen molar-refractivity contribution >= 4 is 44.7 Å². The molecule has 1 saturated heterocycles. The molecule has 0 spiro atoms. The molecule has 0 aromatic heterocycles. The number of hydrogen-bond donors (Lipinski definition) is 0. The maximum absolute atomic E-state index is 12.9. The zero-order valence-corrected chi connectivity index (χ0v) is 20.6. The first-order valence-electron chi connectivity index (χ1n) is 11.6. The monoisotopic (exact) mass is 530 g/mol. The first kappa shape index (κ1) is 22.0. The Morgan fingerprint density at radius 1 is 1.03 bits per heavy atom. The van der Waals surface area contributed by atoms with Crippen molar-refractivity contribution in [1.82, 2.24) is 5.01 Å². The molecule has 0 N–H and O–H groups in total. The van der Waals surface area contributed by atoms with Crippen LogP contribution < -0.4 is 9.47 Å². The van der Waals surface area contributed by atoms with Crippen LogP contribution in [0.1, 0.15) is 17.5 Å². The lowest BCUT2D eigenvalue weighted by Gasteiger charge is -2.15. The van der Waals surface area contributed by atoms with Gasteiger partial charge < -0.3 is 9.47 Å². The summed E-state index contributed by atoms with van der Waals surface area (Å²) < 4.78 is 12.4. The van der Waals surface area contributed by atoms with Gasteiger partial charge in [0.25, 0.3) is 11.8 Å². The number of halogens is 1. The summed E-state index contributed by atoms with van der Waals surface area (Å²) in [5.74, 6) is 0.496. The second kappa shape index (κ2) is 8.64. The number of rotatable bonds is 6. The van der Waals surface area contributed by atoms with Crippen molar-refractivity contribution < 1.29 is 19.1 Å². The average Bonchev–Trinajstić information content (AvgIpc) is 3.56. The van der Waals surface area contributed by atoms with Crippen molar-refractivity contribution in [2.75, 3.05) is 7.11 Å². The van der Waals surface area contributed by atoms with Crippen molar-refractivity contribution in [3.05, 3.63) is 82.3 Å². The summed E-state index contributed by atoms with van der Waals surface area (Å²) >= 11 is 3.58. The van der Waals surface area contributed by atoms with Gasteiger partial charge in [0.1, 0.15) is 6.61 Å². The molecule has 7 heteroatoms. The van der Waals surface area contributed by atoms with Crippen LogP contribution >= 0.6 is 15.9 Å². The van der Waals surface area contributed by atoms with E-state index in [-0.39, 0.29) is 35.5 Å². The molecular weight excluding hydrogens is 508 g/mol. The predicted octanol–water partition coefficient (Wildman–Crippen LogP) is 5.33. The first-order chi connectivity index (χ1) is 17.0. The molecule has 6 nitrogen and oxygen atoms in total. The highest BCUT2D eigenvalue weighted by molar-refractivity contribution is 9.10. The lowest BCUT2D eigenvalue weighted by molar-refractivity contribution is -0.140. The average molecular weight is 531 g/mol. The van der Waals surface area contributed by atoms with Gasteiger partial charge in [-0.3, -0.25) is 9.59 Å². The molecule has 176 valence electrons. The molecule has 6 rings (SSSR count). The van der Waals surface area contributed by atoms with Crippen molar-refractivity contribution in [2.45, 2.75) is 13.0 Å². The molecular formula is C28H23BrN2O4. The molecule has 3 aliphatic rings. The van der Waals surface area contributed by atoms with E-state index in [1.54, 1.807) is 13.2 Å². The number of allylic oxidation sites excluding steroid dienone is 2. The van der Waals surface area contributed by atoms with Crippen LogP contribution in [0.4, 0.5) is 0 Å². The summed E-state index contributed by atoms with van der Waals surface area (Å²) in [6.07, 6.45) is 6.56. The maximum atomic E-state index is 12.9. The Morgan fingerprint density at radius 3 is 2.49 bits per heavy atom. The summed E-state index contributed by atoms with van der Waals surface area (Å²) in [5.41, 5.74) is 1.76. The number of hydrogen-bond acceptors (Lipinski definition) is 5. The van der Waals surface area contributed by atoms with E-state index in [0.29, 0.717) is 28.1 Å². The highest BCUT2D eigenvalue weighted by Gasteiger charge is 2.59. The van der Waals surface area contributed by atoms with Crippen LogP contribution in [-0.4, -0.2) is 30.1 Å². The van der Waals surface area contributed by atoms with E-state index in [9.17, 15) is 9.59 Å². The topological polar surface area (TPSA) is 68.2 Å². The number of benzene rings is 3. The van der Waals surface area contributed by atoms with Crippen LogP contribution in [0.5, 0.6) is 11.5 Å². The van der Waals surface area contributed by atoms with Crippen LogP contribution in [0.3, 0.4) is 0 Å². The van der Waals surface area contributed by atoms with Crippen molar-refractivity contribution in [1.29, 1.82) is 0 Å².